The predicted octanol–water partition coefficient (Wildman–Crippen LogP) is 5.72. The molecule has 2 aromatic carbocycles. The van der Waals surface area contributed by atoms with Gasteiger partial charge in [-0.3, -0.25) is 9.59 Å². The number of hydrogen-bond acceptors (Lipinski definition) is 3. The summed E-state index contributed by atoms with van der Waals surface area (Å²) in [4.78, 5) is 28.2. The van der Waals surface area contributed by atoms with Crippen LogP contribution in [0.25, 0.3) is 10.1 Å². The van der Waals surface area contributed by atoms with Gasteiger partial charge in [0.1, 0.15) is 6.04 Å². The van der Waals surface area contributed by atoms with E-state index in [1.54, 1.807) is 11.3 Å². The SMILES string of the molecule is CC(C)C(NC(=O)c1csc2ccccc12)C(=O)N1CCC(c2ccc(Cl)cc2)CC1. The number of likely N-dealkylation sites (tertiary alicyclic amines) is 1. The Morgan fingerprint density at radius 3 is 2.42 bits per heavy atom. The number of carbonyl (C=O) groups excluding carboxylic acids is 2. The molecule has 0 spiro atoms. The van der Waals surface area contributed by atoms with Crippen molar-refractivity contribution in [2.75, 3.05) is 13.1 Å². The fourth-order valence-corrected chi connectivity index (χ4v) is 5.32. The van der Waals surface area contributed by atoms with Crippen molar-refractivity contribution in [2.45, 2.75) is 38.6 Å². The first kappa shape index (κ1) is 21.8. The molecule has 2 heterocycles. The molecule has 4 nitrogen and oxygen atoms in total. The van der Waals surface area contributed by atoms with Gasteiger partial charge in [-0.25, -0.2) is 0 Å². The van der Waals surface area contributed by atoms with Crippen molar-refractivity contribution >= 4 is 44.8 Å². The minimum Gasteiger partial charge on any atom is -0.341 e. The van der Waals surface area contributed by atoms with Gasteiger partial charge in [-0.15, -0.1) is 11.3 Å². The molecule has 1 aromatic heterocycles. The Labute approximate surface area is 192 Å². The second kappa shape index (κ2) is 9.41. The highest BCUT2D eigenvalue weighted by Crippen LogP contribution is 2.30. The smallest absolute Gasteiger partial charge is 0.253 e. The molecule has 0 bridgehead atoms. The van der Waals surface area contributed by atoms with Gasteiger partial charge < -0.3 is 10.2 Å². The molecule has 1 aliphatic rings. The third-order valence-corrected chi connectivity index (χ3v) is 7.31. The molecule has 1 fully saturated rings. The third-order valence-electron chi connectivity index (χ3n) is 6.09. The highest BCUT2D eigenvalue weighted by molar-refractivity contribution is 7.17. The lowest BCUT2D eigenvalue weighted by Crippen LogP contribution is -2.52. The zero-order chi connectivity index (χ0) is 22.0. The summed E-state index contributed by atoms with van der Waals surface area (Å²) in [6.45, 7) is 5.36. The highest BCUT2D eigenvalue weighted by atomic mass is 35.5. The third kappa shape index (κ3) is 4.78. The minimum absolute atomic E-state index is 0.00957. The maximum absolute atomic E-state index is 13.3. The number of thiophene rings is 1. The van der Waals surface area contributed by atoms with Crippen molar-refractivity contribution in [1.82, 2.24) is 10.2 Å². The Bertz CT molecular complexity index is 1070. The summed E-state index contributed by atoms with van der Waals surface area (Å²) in [7, 11) is 0. The largest absolute Gasteiger partial charge is 0.341 e. The van der Waals surface area contributed by atoms with Gasteiger partial charge in [0.25, 0.3) is 5.91 Å². The molecule has 1 aliphatic heterocycles. The van der Waals surface area contributed by atoms with Crippen LogP contribution in [0.15, 0.2) is 53.9 Å². The maximum atomic E-state index is 13.3. The Balaban J connectivity index is 1.42. The standard InChI is InChI=1S/C25H27ClN2O2S/c1-16(2)23(27-24(29)21-15-31-22-6-4-3-5-20(21)22)25(30)28-13-11-18(12-14-28)17-7-9-19(26)10-8-17/h3-10,15-16,18,23H,11-14H2,1-2H3,(H,27,29). The highest BCUT2D eigenvalue weighted by Gasteiger charge is 2.32. The van der Waals surface area contributed by atoms with E-state index in [0.29, 0.717) is 24.6 Å². The lowest BCUT2D eigenvalue weighted by atomic mass is 9.89. The molecular weight excluding hydrogens is 428 g/mol. The summed E-state index contributed by atoms with van der Waals surface area (Å²) in [5.41, 5.74) is 1.91. The van der Waals surface area contributed by atoms with Crippen molar-refractivity contribution in [3.05, 3.63) is 70.1 Å². The monoisotopic (exact) mass is 454 g/mol. The van der Waals surface area contributed by atoms with Gasteiger partial charge in [-0.05, 0) is 48.4 Å². The molecule has 2 amide bonds. The summed E-state index contributed by atoms with van der Waals surface area (Å²) in [6, 6.07) is 15.3. The summed E-state index contributed by atoms with van der Waals surface area (Å²) in [6.07, 6.45) is 1.84. The minimum atomic E-state index is -0.529. The van der Waals surface area contributed by atoms with Crippen molar-refractivity contribution in [1.29, 1.82) is 0 Å². The number of fused-ring (bicyclic) bond motifs is 1. The van der Waals surface area contributed by atoms with Crippen LogP contribution < -0.4 is 5.32 Å². The average Bonchev–Trinajstić information content (AvgIpc) is 3.22. The van der Waals surface area contributed by atoms with Gasteiger partial charge in [0, 0.05) is 33.6 Å². The zero-order valence-electron chi connectivity index (χ0n) is 17.8. The molecule has 1 atom stereocenters. The van der Waals surface area contributed by atoms with Crippen LogP contribution >= 0.6 is 22.9 Å². The number of halogens is 1. The predicted molar refractivity (Wildman–Crippen MR) is 128 cm³/mol. The molecule has 3 aromatic rings. The Kier molecular flexibility index (Phi) is 6.63. The first-order chi connectivity index (χ1) is 14.9. The first-order valence-corrected chi connectivity index (χ1v) is 12.0. The molecule has 162 valence electrons. The fourth-order valence-electron chi connectivity index (χ4n) is 4.25. The number of amides is 2. The van der Waals surface area contributed by atoms with Crippen LogP contribution in [-0.2, 0) is 4.79 Å². The van der Waals surface area contributed by atoms with E-state index >= 15 is 0 Å². The van der Waals surface area contributed by atoms with Crippen LogP contribution in [-0.4, -0.2) is 35.8 Å². The van der Waals surface area contributed by atoms with E-state index in [4.69, 9.17) is 11.6 Å². The van der Waals surface area contributed by atoms with Crippen LogP contribution in [0.5, 0.6) is 0 Å². The molecular formula is C25H27ClN2O2S. The Morgan fingerprint density at radius 1 is 1.06 bits per heavy atom. The van der Waals surface area contributed by atoms with Crippen molar-refractivity contribution in [3.63, 3.8) is 0 Å². The van der Waals surface area contributed by atoms with Crippen molar-refractivity contribution in [2.24, 2.45) is 5.92 Å². The topological polar surface area (TPSA) is 49.4 Å². The molecule has 0 radical (unpaired) electrons. The van der Waals surface area contributed by atoms with E-state index in [0.717, 1.165) is 28.0 Å². The molecule has 1 unspecified atom stereocenters. The van der Waals surface area contributed by atoms with E-state index < -0.39 is 6.04 Å². The van der Waals surface area contributed by atoms with E-state index in [-0.39, 0.29) is 17.7 Å². The van der Waals surface area contributed by atoms with E-state index in [9.17, 15) is 9.59 Å². The number of hydrogen-bond donors (Lipinski definition) is 1. The Hall–Kier alpha value is -2.37. The number of piperidine rings is 1. The van der Waals surface area contributed by atoms with Gasteiger partial charge in [0.15, 0.2) is 0 Å². The molecule has 0 aliphatic carbocycles. The molecule has 31 heavy (non-hydrogen) atoms. The van der Waals surface area contributed by atoms with Crippen LogP contribution in [0.3, 0.4) is 0 Å². The van der Waals surface area contributed by atoms with E-state index in [1.807, 2.05) is 60.5 Å². The Morgan fingerprint density at radius 2 is 1.74 bits per heavy atom. The lowest BCUT2D eigenvalue weighted by molar-refractivity contribution is -0.135. The molecule has 0 saturated carbocycles. The quantitative estimate of drug-likeness (QED) is 0.536. The number of nitrogens with zero attached hydrogens (tertiary/aromatic N) is 1. The summed E-state index contributed by atoms with van der Waals surface area (Å²) < 4.78 is 1.07. The fraction of sp³-hybridized carbons (Fsp3) is 0.360. The lowest BCUT2D eigenvalue weighted by Gasteiger charge is -2.35. The van der Waals surface area contributed by atoms with Crippen LogP contribution in [0.1, 0.15) is 48.5 Å². The molecule has 1 N–H and O–H groups in total. The average molecular weight is 455 g/mol. The van der Waals surface area contributed by atoms with Gasteiger partial charge in [0.2, 0.25) is 5.91 Å². The number of benzene rings is 2. The first-order valence-electron chi connectivity index (χ1n) is 10.8. The van der Waals surface area contributed by atoms with Gasteiger partial charge in [0.05, 0.1) is 5.56 Å². The normalized spacial score (nSPS) is 15.9. The summed E-state index contributed by atoms with van der Waals surface area (Å²) >= 11 is 7.55. The summed E-state index contributed by atoms with van der Waals surface area (Å²) in [5, 5.41) is 6.57. The summed E-state index contributed by atoms with van der Waals surface area (Å²) in [5.74, 6) is 0.277. The van der Waals surface area contributed by atoms with Crippen molar-refractivity contribution < 1.29 is 9.59 Å². The number of nitrogens with one attached hydrogen (secondary N) is 1. The van der Waals surface area contributed by atoms with Crippen LogP contribution in [0.2, 0.25) is 5.02 Å². The molecule has 1 saturated heterocycles. The van der Waals surface area contributed by atoms with Gasteiger partial charge >= 0.3 is 0 Å². The number of carbonyl (C=O) groups is 2. The van der Waals surface area contributed by atoms with Crippen molar-refractivity contribution in [3.8, 4) is 0 Å². The second-order valence-electron chi connectivity index (χ2n) is 8.49. The second-order valence-corrected chi connectivity index (χ2v) is 9.84. The molecule has 4 rings (SSSR count). The van der Waals surface area contributed by atoms with Crippen LogP contribution in [0, 0.1) is 5.92 Å². The van der Waals surface area contributed by atoms with E-state index in [2.05, 4.69) is 17.4 Å². The number of rotatable bonds is 5. The molecule has 6 heteroatoms. The maximum Gasteiger partial charge on any atom is 0.253 e. The van der Waals surface area contributed by atoms with Crippen LogP contribution in [0.4, 0.5) is 0 Å². The van der Waals surface area contributed by atoms with Gasteiger partial charge in [-0.1, -0.05) is 55.8 Å². The van der Waals surface area contributed by atoms with Gasteiger partial charge in [-0.2, -0.15) is 0 Å². The van der Waals surface area contributed by atoms with E-state index in [1.165, 1.54) is 5.56 Å². The zero-order valence-corrected chi connectivity index (χ0v) is 19.4.